The molecule has 1 aliphatic rings. The number of rotatable bonds is 6. The van der Waals surface area contributed by atoms with Crippen molar-refractivity contribution in [2.24, 2.45) is 0 Å². The van der Waals surface area contributed by atoms with Crippen LogP contribution >= 0.6 is 23.7 Å². The van der Waals surface area contributed by atoms with Gasteiger partial charge in [0.05, 0.1) is 13.2 Å². The number of hydrogen-bond donors (Lipinski definition) is 1. The number of carbonyl (C=O) groups excluding carboxylic acids is 1. The smallest absolute Gasteiger partial charge is 0.265 e. The Morgan fingerprint density at radius 1 is 1.43 bits per heavy atom. The van der Waals surface area contributed by atoms with Gasteiger partial charge in [0, 0.05) is 33.2 Å². The zero-order valence-electron chi connectivity index (χ0n) is 13.1. The van der Waals surface area contributed by atoms with Crippen LogP contribution in [0.3, 0.4) is 0 Å². The molecule has 2 heterocycles. The van der Waals surface area contributed by atoms with Crippen LogP contribution in [0.25, 0.3) is 0 Å². The molecule has 10 heteroatoms. The van der Waals surface area contributed by atoms with Gasteiger partial charge in [0.25, 0.3) is 5.91 Å². The number of hydrogen-bond acceptors (Lipinski definition) is 6. The van der Waals surface area contributed by atoms with Gasteiger partial charge in [-0.15, -0.1) is 23.7 Å². The maximum atomic E-state index is 12.7. The Morgan fingerprint density at radius 2 is 2.09 bits per heavy atom. The standard InChI is InChI=1S/C13H21N3O4S2.ClH/c1-14-4-5-15(2)13(17)12-11(3-10-21-12)22(18,19)16-6-8-20-9-7-16;/h3,10,14H,4-9H2,1-2H3;1H. The quantitative estimate of drug-likeness (QED) is 0.773. The molecule has 0 bridgehead atoms. The minimum Gasteiger partial charge on any atom is -0.379 e. The fourth-order valence-corrected chi connectivity index (χ4v) is 4.93. The highest BCUT2D eigenvalue weighted by molar-refractivity contribution is 7.89. The monoisotopic (exact) mass is 383 g/mol. The topological polar surface area (TPSA) is 79.0 Å². The van der Waals surface area contributed by atoms with E-state index >= 15 is 0 Å². The molecule has 23 heavy (non-hydrogen) atoms. The fraction of sp³-hybridized carbons (Fsp3) is 0.615. The molecular weight excluding hydrogens is 362 g/mol. The van der Waals surface area contributed by atoms with Crippen molar-refractivity contribution in [3.63, 3.8) is 0 Å². The van der Waals surface area contributed by atoms with Crippen LogP contribution in [0.15, 0.2) is 16.3 Å². The molecule has 1 aliphatic heterocycles. The van der Waals surface area contributed by atoms with Crippen molar-refractivity contribution in [3.05, 3.63) is 16.3 Å². The highest BCUT2D eigenvalue weighted by Crippen LogP contribution is 2.26. The van der Waals surface area contributed by atoms with Crippen LogP contribution in [0, 0.1) is 0 Å². The lowest BCUT2D eigenvalue weighted by Crippen LogP contribution is -2.41. The molecule has 0 aliphatic carbocycles. The first-order valence-corrected chi connectivity index (χ1v) is 9.36. The van der Waals surface area contributed by atoms with Crippen LogP contribution in [-0.4, -0.2) is 77.0 Å². The lowest BCUT2D eigenvalue weighted by molar-refractivity contribution is 0.0728. The van der Waals surface area contributed by atoms with Gasteiger partial charge in [-0.3, -0.25) is 4.79 Å². The van der Waals surface area contributed by atoms with E-state index < -0.39 is 10.0 Å². The van der Waals surface area contributed by atoms with Crippen molar-refractivity contribution in [1.29, 1.82) is 0 Å². The van der Waals surface area contributed by atoms with Gasteiger partial charge in [-0.2, -0.15) is 4.31 Å². The summed E-state index contributed by atoms with van der Waals surface area (Å²) in [4.78, 5) is 14.4. The molecule has 132 valence electrons. The van der Waals surface area contributed by atoms with Crippen LogP contribution in [-0.2, 0) is 14.8 Å². The normalized spacial score (nSPS) is 15.9. The zero-order valence-corrected chi connectivity index (χ0v) is 15.6. The number of halogens is 1. The fourth-order valence-electron chi connectivity index (χ4n) is 2.14. The molecule has 1 fully saturated rings. The molecule has 0 unspecified atom stereocenters. The van der Waals surface area contributed by atoms with Gasteiger partial charge >= 0.3 is 0 Å². The van der Waals surface area contributed by atoms with Crippen molar-refractivity contribution in [3.8, 4) is 0 Å². The number of carbonyl (C=O) groups is 1. The Hall–Kier alpha value is -0.710. The molecule has 1 amide bonds. The van der Waals surface area contributed by atoms with Crippen molar-refractivity contribution < 1.29 is 17.9 Å². The Labute approximate surface area is 147 Å². The van der Waals surface area contributed by atoms with Gasteiger partial charge in [-0.1, -0.05) is 0 Å². The Bertz CT molecular complexity index is 614. The number of morpholine rings is 1. The lowest BCUT2D eigenvalue weighted by atomic mass is 10.4. The van der Waals surface area contributed by atoms with Crippen LogP contribution in [0.4, 0.5) is 0 Å². The van der Waals surface area contributed by atoms with Crippen LogP contribution in [0.5, 0.6) is 0 Å². The predicted molar refractivity (Wildman–Crippen MR) is 92.0 cm³/mol. The molecule has 0 aromatic carbocycles. The predicted octanol–water partition coefficient (Wildman–Crippen LogP) is 0.482. The number of nitrogens with one attached hydrogen (secondary N) is 1. The summed E-state index contributed by atoms with van der Waals surface area (Å²) in [5, 5.41) is 4.61. The van der Waals surface area contributed by atoms with Gasteiger partial charge in [-0.05, 0) is 18.5 Å². The van der Waals surface area contributed by atoms with Crippen molar-refractivity contribution in [2.75, 3.05) is 53.5 Å². The molecule has 0 atom stereocenters. The van der Waals surface area contributed by atoms with Gasteiger partial charge in [-0.25, -0.2) is 8.42 Å². The van der Waals surface area contributed by atoms with Crippen LogP contribution in [0.2, 0.25) is 0 Å². The maximum absolute atomic E-state index is 12.7. The number of ether oxygens (including phenoxy) is 1. The SMILES string of the molecule is CNCCN(C)C(=O)c1sccc1S(=O)(=O)N1CCOCC1.Cl. The number of amides is 1. The molecule has 0 saturated carbocycles. The van der Waals surface area contributed by atoms with Gasteiger partial charge in [0.2, 0.25) is 10.0 Å². The molecule has 0 spiro atoms. The van der Waals surface area contributed by atoms with Crippen molar-refractivity contribution in [1.82, 2.24) is 14.5 Å². The van der Waals surface area contributed by atoms with E-state index in [1.807, 2.05) is 0 Å². The summed E-state index contributed by atoms with van der Waals surface area (Å²) in [6, 6.07) is 1.51. The summed E-state index contributed by atoms with van der Waals surface area (Å²) in [7, 11) is -0.173. The zero-order chi connectivity index (χ0) is 16.2. The first kappa shape index (κ1) is 20.3. The average Bonchev–Trinajstić information content (AvgIpc) is 3.03. The number of thiophene rings is 1. The Morgan fingerprint density at radius 3 is 2.70 bits per heavy atom. The van der Waals surface area contributed by atoms with Crippen LogP contribution < -0.4 is 5.32 Å². The second kappa shape index (κ2) is 8.95. The third kappa shape index (κ3) is 4.65. The van der Waals surface area contributed by atoms with E-state index in [4.69, 9.17) is 4.74 Å². The third-order valence-electron chi connectivity index (χ3n) is 3.46. The molecule has 2 rings (SSSR count). The number of nitrogens with zero attached hydrogens (tertiary/aromatic N) is 2. The second-order valence-electron chi connectivity index (χ2n) is 4.96. The van der Waals surface area contributed by atoms with E-state index in [0.29, 0.717) is 39.4 Å². The molecule has 0 radical (unpaired) electrons. The van der Waals surface area contributed by atoms with E-state index in [9.17, 15) is 13.2 Å². The maximum Gasteiger partial charge on any atom is 0.265 e. The minimum atomic E-state index is -3.65. The van der Waals surface area contributed by atoms with E-state index in [1.54, 1.807) is 19.5 Å². The van der Waals surface area contributed by atoms with Gasteiger partial charge in [0.1, 0.15) is 9.77 Å². The summed E-state index contributed by atoms with van der Waals surface area (Å²) in [6.45, 7) is 2.58. The van der Waals surface area contributed by atoms with E-state index in [2.05, 4.69) is 5.32 Å². The lowest BCUT2D eigenvalue weighted by Gasteiger charge is -2.26. The molecular formula is C13H22ClN3O4S2. The molecule has 1 aromatic rings. The van der Waals surface area contributed by atoms with Crippen LogP contribution in [0.1, 0.15) is 9.67 Å². The molecule has 1 N–H and O–H groups in total. The average molecular weight is 384 g/mol. The number of sulfonamides is 1. The van der Waals surface area contributed by atoms with E-state index in [1.165, 1.54) is 15.3 Å². The summed E-state index contributed by atoms with van der Waals surface area (Å²) in [6.07, 6.45) is 0. The first-order chi connectivity index (χ1) is 10.5. The highest BCUT2D eigenvalue weighted by Gasteiger charge is 2.31. The Balaban J connectivity index is 0.00000264. The molecule has 1 saturated heterocycles. The van der Waals surface area contributed by atoms with E-state index in [0.717, 1.165) is 11.3 Å². The summed E-state index contributed by atoms with van der Waals surface area (Å²) < 4.78 is 32.0. The highest BCUT2D eigenvalue weighted by atomic mass is 35.5. The third-order valence-corrected chi connectivity index (χ3v) is 6.43. The summed E-state index contributed by atoms with van der Waals surface area (Å²) >= 11 is 1.16. The largest absolute Gasteiger partial charge is 0.379 e. The van der Waals surface area contributed by atoms with E-state index in [-0.39, 0.29) is 28.1 Å². The van der Waals surface area contributed by atoms with Gasteiger partial charge < -0.3 is 15.0 Å². The number of likely N-dealkylation sites (N-methyl/N-ethyl adjacent to an activating group) is 2. The first-order valence-electron chi connectivity index (χ1n) is 7.04. The molecule has 7 nitrogen and oxygen atoms in total. The minimum absolute atomic E-state index is 0. The molecule has 1 aromatic heterocycles. The van der Waals surface area contributed by atoms with Crippen molar-refractivity contribution in [2.45, 2.75) is 4.90 Å². The second-order valence-corrected chi connectivity index (χ2v) is 7.78. The summed E-state index contributed by atoms with van der Waals surface area (Å²) in [5.74, 6) is -0.267. The Kier molecular flexibility index (Phi) is 7.91. The van der Waals surface area contributed by atoms with Gasteiger partial charge in [0.15, 0.2) is 0 Å². The summed E-state index contributed by atoms with van der Waals surface area (Å²) in [5.41, 5.74) is 0. The van der Waals surface area contributed by atoms with Crippen molar-refractivity contribution >= 4 is 39.7 Å².